The summed E-state index contributed by atoms with van der Waals surface area (Å²) >= 11 is 0. The van der Waals surface area contributed by atoms with E-state index in [9.17, 15) is 14.5 Å². The number of carbonyl (C=O) groups is 1. The van der Waals surface area contributed by atoms with Crippen LogP contribution in [0.2, 0.25) is 0 Å². The van der Waals surface area contributed by atoms with Crippen molar-refractivity contribution in [3.05, 3.63) is 36.7 Å². The Balaban J connectivity index is 1.56. The minimum absolute atomic E-state index is 0.0463. The maximum Gasteiger partial charge on any atom is 0.459 e. The van der Waals surface area contributed by atoms with Gasteiger partial charge >= 0.3 is 13.7 Å². The molecule has 0 saturated carbocycles. The van der Waals surface area contributed by atoms with Crippen LogP contribution in [0.3, 0.4) is 0 Å². The lowest BCUT2D eigenvalue weighted by molar-refractivity contribution is -0.149. The molecule has 1 saturated heterocycles. The standard InChI is InChI=1S/C25H36N7O7P/c1-14(2)37-22(34)15(3)31-40(35,39-16-10-8-7-9-11-16)36-12-17-19(33)25(4,5)23(38-17)32-13-28-18-20(27-6)29-24(26)30-21(18)32/h7-11,13-15,17,19,23,33H,12H2,1-6H3,(H,31,35)(H3,26,27,29,30)/t15-,17+,19+,23+,40+/m0/s1. The molecule has 0 amide bonds. The number of nitrogens with two attached hydrogens (primary N) is 1. The van der Waals surface area contributed by atoms with E-state index in [4.69, 9.17) is 24.3 Å². The van der Waals surface area contributed by atoms with Crippen LogP contribution < -0.4 is 20.7 Å². The molecule has 1 aromatic carbocycles. The van der Waals surface area contributed by atoms with Gasteiger partial charge in [-0.2, -0.15) is 15.1 Å². The molecule has 0 aliphatic carbocycles. The summed E-state index contributed by atoms with van der Waals surface area (Å²) in [5, 5.41) is 16.8. The third kappa shape index (κ3) is 6.21. The Bertz CT molecular complexity index is 1380. The smallest absolute Gasteiger partial charge is 0.459 e. The number of nitrogen functional groups attached to an aromatic ring is 1. The fraction of sp³-hybridized carbons (Fsp3) is 0.520. The largest absolute Gasteiger partial charge is 0.462 e. The van der Waals surface area contributed by atoms with Crippen molar-refractivity contribution in [2.24, 2.45) is 5.41 Å². The van der Waals surface area contributed by atoms with Gasteiger partial charge in [-0.15, -0.1) is 0 Å². The third-order valence-corrected chi connectivity index (χ3v) is 8.06. The van der Waals surface area contributed by atoms with Crippen LogP contribution >= 0.6 is 7.75 Å². The van der Waals surface area contributed by atoms with Crippen molar-refractivity contribution in [1.29, 1.82) is 0 Å². The van der Waals surface area contributed by atoms with Gasteiger partial charge in [0, 0.05) is 12.5 Å². The number of anilines is 2. The number of aliphatic hydroxyl groups is 1. The molecule has 40 heavy (non-hydrogen) atoms. The van der Waals surface area contributed by atoms with Crippen LogP contribution in [0.15, 0.2) is 36.7 Å². The summed E-state index contributed by atoms with van der Waals surface area (Å²) < 4.78 is 38.4. The normalized spacial score (nSPS) is 22.6. The number of carbonyl (C=O) groups excluding carboxylic acids is 1. The van der Waals surface area contributed by atoms with Gasteiger partial charge in [-0.1, -0.05) is 32.0 Å². The van der Waals surface area contributed by atoms with E-state index in [1.165, 1.54) is 13.3 Å². The van der Waals surface area contributed by atoms with E-state index >= 15 is 0 Å². The average molecular weight is 578 g/mol. The topological polar surface area (TPSA) is 185 Å². The number of nitrogens with one attached hydrogen (secondary N) is 2. The summed E-state index contributed by atoms with van der Waals surface area (Å²) in [6.07, 6.45) is -1.53. The summed E-state index contributed by atoms with van der Waals surface area (Å²) in [4.78, 5) is 25.3. The molecule has 3 aromatic rings. The number of benzene rings is 1. The van der Waals surface area contributed by atoms with Gasteiger partial charge in [0.2, 0.25) is 5.95 Å². The lowest BCUT2D eigenvalue weighted by Gasteiger charge is -2.29. The van der Waals surface area contributed by atoms with E-state index in [0.29, 0.717) is 17.0 Å². The van der Waals surface area contributed by atoms with Crippen LogP contribution in [0.25, 0.3) is 11.2 Å². The monoisotopic (exact) mass is 577 g/mol. The van der Waals surface area contributed by atoms with Gasteiger partial charge < -0.3 is 30.2 Å². The molecule has 0 unspecified atom stereocenters. The Morgan fingerprint density at radius 2 is 1.95 bits per heavy atom. The van der Waals surface area contributed by atoms with Gasteiger partial charge in [-0.05, 0) is 32.9 Å². The predicted molar refractivity (Wildman–Crippen MR) is 147 cm³/mol. The molecule has 218 valence electrons. The Labute approximate surface area is 232 Å². The predicted octanol–water partition coefficient (Wildman–Crippen LogP) is 2.87. The Morgan fingerprint density at radius 1 is 1.25 bits per heavy atom. The lowest BCUT2D eigenvalue weighted by atomic mass is 9.84. The fourth-order valence-electron chi connectivity index (χ4n) is 4.38. The second-order valence-corrected chi connectivity index (χ2v) is 12.0. The number of fused-ring (bicyclic) bond motifs is 1. The number of aliphatic hydroxyl groups excluding tert-OH is 1. The number of aromatic nitrogens is 4. The summed E-state index contributed by atoms with van der Waals surface area (Å²) in [6.45, 7) is 8.23. The summed E-state index contributed by atoms with van der Waals surface area (Å²) in [5.74, 6) is 0.136. The van der Waals surface area contributed by atoms with E-state index in [1.807, 2.05) is 13.8 Å². The van der Waals surface area contributed by atoms with Crippen LogP contribution in [0.4, 0.5) is 11.8 Å². The SMILES string of the molecule is CNc1nc(N)nc2c1ncn2[C@@H]1O[C@H](CO[P@](=O)(N[C@@H](C)C(=O)OC(C)C)Oc2ccccc2)[C@@H](O)C1(C)C. The quantitative estimate of drug-likeness (QED) is 0.193. The molecule has 1 fully saturated rings. The van der Waals surface area contributed by atoms with E-state index in [-0.39, 0.29) is 24.4 Å². The summed E-state index contributed by atoms with van der Waals surface area (Å²) in [7, 11) is -2.46. The average Bonchev–Trinajstić information content (AvgIpc) is 3.40. The fourth-order valence-corrected chi connectivity index (χ4v) is 5.88. The van der Waals surface area contributed by atoms with Crippen molar-refractivity contribution in [2.45, 2.75) is 65.2 Å². The molecular weight excluding hydrogens is 541 g/mol. The molecule has 14 nitrogen and oxygen atoms in total. The Kier molecular flexibility index (Phi) is 8.66. The Morgan fingerprint density at radius 3 is 2.60 bits per heavy atom. The molecule has 5 atom stereocenters. The molecule has 15 heteroatoms. The molecule has 3 heterocycles. The first-order valence-electron chi connectivity index (χ1n) is 12.8. The van der Waals surface area contributed by atoms with Gasteiger partial charge in [0.1, 0.15) is 24.1 Å². The molecule has 1 aliphatic heterocycles. The Hall–Kier alpha value is -3.29. The molecule has 0 radical (unpaired) electrons. The van der Waals surface area contributed by atoms with Crippen LogP contribution in [0, 0.1) is 5.41 Å². The van der Waals surface area contributed by atoms with Crippen LogP contribution in [-0.2, 0) is 23.4 Å². The second-order valence-electron chi connectivity index (χ2n) is 10.3. The molecular formula is C25H36N7O7P. The van der Waals surface area contributed by atoms with Crippen molar-refractivity contribution >= 4 is 36.6 Å². The van der Waals surface area contributed by atoms with Gasteiger partial charge in [0.15, 0.2) is 17.0 Å². The van der Waals surface area contributed by atoms with Gasteiger partial charge in [0.05, 0.1) is 25.1 Å². The number of nitrogens with zero attached hydrogens (tertiary/aromatic N) is 4. The number of imidazole rings is 1. The first-order chi connectivity index (χ1) is 18.8. The van der Waals surface area contributed by atoms with Crippen LogP contribution in [0.1, 0.15) is 40.8 Å². The first kappa shape index (κ1) is 29.7. The highest BCUT2D eigenvalue weighted by Crippen LogP contribution is 2.49. The van der Waals surface area contributed by atoms with E-state index in [2.05, 4.69) is 25.4 Å². The number of para-hydroxylation sites is 1. The minimum Gasteiger partial charge on any atom is -0.462 e. The van der Waals surface area contributed by atoms with Gasteiger partial charge in [0.25, 0.3) is 0 Å². The zero-order chi connectivity index (χ0) is 29.2. The maximum atomic E-state index is 13.8. The van der Waals surface area contributed by atoms with Crippen molar-refractivity contribution in [1.82, 2.24) is 24.6 Å². The lowest BCUT2D eigenvalue weighted by Crippen LogP contribution is -2.38. The summed E-state index contributed by atoms with van der Waals surface area (Å²) in [6, 6.07) is 7.38. The van der Waals surface area contributed by atoms with E-state index in [1.54, 1.807) is 55.8 Å². The molecule has 2 aromatic heterocycles. The van der Waals surface area contributed by atoms with Crippen molar-refractivity contribution in [2.75, 3.05) is 24.7 Å². The first-order valence-corrected chi connectivity index (χ1v) is 14.4. The van der Waals surface area contributed by atoms with Crippen molar-refractivity contribution < 1.29 is 33.0 Å². The maximum absolute atomic E-state index is 13.8. The van der Waals surface area contributed by atoms with Crippen molar-refractivity contribution in [3.63, 3.8) is 0 Å². The number of hydrogen-bond acceptors (Lipinski definition) is 12. The summed E-state index contributed by atoms with van der Waals surface area (Å²) in [5.41, 5.74) is 5.94. The molecule has 5 N–H and O–H groups in total. The van der Waals surface area contributed by atoms with Crippen LogP contribution in [-0.4, -0.2) is 68.6 Å². The number of ether oxygens (including phenoxy) is 2. The van der Waals surface area contributed by atoms with E-state index in [0.717, 1.165) is 0 Å². The number of hydrogen-bond donors (Lipinski definition) is 4. The highest BCUT2D eigenvalue weighted by molar-refractivity contribution is 7.52. The van der Waals surface area contributed by atoms with Gasteiger partial charge in [-0.3, -0.25) is 13.9 Å². The molecule has 1 aliphatic rings. The number of rotatable bonds is 11. The highest BCUT2D eigenvalue weighted by Gasteiger charge is 2.52. The van der Waals surface area contributed by atoms with Gasteiger partial charge in [-0.25, -0.2) is 9.55 Å². The highest BCUT2D eigenvalue weighted by atomic mass is 31.2. The molecule has 4 rings (SSSR count). The zero-order valence-electron chi connectivity index (χ0n) is 23.3. The zero-order valence-corrected chi connectivity index (χ0v) is 24.2. The molecule has 0 spiro atoms. The molecule has 0 bridgehead atoms. The number of esters is 1. The third-order valence-electron chi connectivity index (χ3n) is 6.42. The van der Waals surface area contributed by atoms with Crippen LogP contribution in [0.5, 0.6) is 5.75 Å². The minimum atomic E-state index is -4.16. The second kappa shape index (κ2) is 11.7. The van der Waals surface area contributed by atoms with E-state index < -0.39 is 43.6 Å². The van der Waals surface area contributed by atoms with Crippen molar-refractivity contribution in [3.8, 4) is 5.75 Å².